The summed E-state index contributed by atoms with van der Waals surface area (Å²) in [6, 6.07) is 0. The van der Waals surface area contributed by atoms with Crippen LogP contribution in [-0.2, 0) is 6.18 Å². The molecular weight excluding hydrogens is 339 g/mol. The Bertz CT molecular complexity index is 474. The standard InChI is InChI=1S/C12H20F3N5S.ClH/c1-11(2,16)8-19-4-3-5-20(7-6-19)10-18-17-9(21-10)12(13,14)15;/h3-8,16H2,1-2H3;1H. The van der Waals surface area contributed by atoms with E-state index in [-0.39, 0.29) is 17.9 Å². The maximum absolute atomic E-state index is 12.6. The van der Waals surface area contributed by atoms with Crippen LogP contribution in [0.3, 0.4) is 0 Å². The van der Waals surface area contributed by atoms with E-state index < -0.39 is 11.2 Å². The van der Waals surface area contributed by atoms with E-state index in [0.717, 1.165) is 26.1 Å². The minimum atomic E-state index is -4.42. The van der Waals surface area contributed by atoms with Crippen molar-refractivity contribution in [3.05, 3.63) is 5.01 Å². The van der Waals surface area contributed by atoms with E-state index in [0.29, 0.717) is 29.6 Å². The van der Waals surface area contributed by atoms with Gasteiger partial charge in [0.15, 0.2) is 0 Å². The molecule has 0 saturated carbocycles. The number of anilines is 1. The molecule has 0 unspecified atom stereocenters. The number of hydrogen-bond acceptors (Lipinski definition) is 6. The van der Waals surface area contributed by atoms with Crippen molar-refractivity contribution in [3.63, 3.8) is 0 Å². The molecule has 1 aromatic heterocycles. The van der Waals surface area contributed by atoms with Crippen molar-refractivity contribution in [3.8, 4) is 0 Å². The molecule has 2 rings (SSSR count). The van der Waals surface area contributed by atoms with Crippen molar-refractivity contribution < 1.29 is 13.2 Å². The maximum atomic E-state index is 12.6. The van der Waals surface area contributed by atoms with Crippen LogP contribution in [0.15, 0.2) is 0 Å². The highest BCUT2D eigenvalue weighted by Gasteiger charge is 2.36. The summed E-state index contributed by atoms with van der Waals surface area (Å²) in [5.41, 5.74) is 5.74. The van der Waals surface area contributed by atoms with Gasteiger partial charge < -0.3 is 10.6 Å². The summed E-state index contributed by atoms with van der Waals surface area (Å²) >= 11 is 0.605. The van der Waals surface area contributed by atoms with Crippen LogP contribution in [0, 0.1) is 0 Å². The fourth-order valence-corrected chi connectivity index (χ4v) is 3.12. The number of nitrogens with two attached hydrogens (primary N) is 1. The highest BCUT2D eigenvalue weighted by Crippen LogP contribution is 2.34. The lowest BCUT2D eigenvalue weighted by atomic mass is 10.1. The van der Waals surface area contributed by atoms with Gasteiger partial charge in [-0.2, -0.15) is 13.2 Å². The molecule has 0 aromatic carbocycles. The highest BCUT2D eigenvalue weighted by molar-refractivity contribution is 7.15. The lowest BCUT2D eigenvalue weighted by Crippen LogP contribution is -2.46. The molecule has 0 spiro atoms. The summed E-state index contributed by atoms with van der Waals surface area (Å²) in [7, 11) is 0. The van der Waals surface area contributed by atoms with Crippen LogP contribution in [0.25, 0.3) is 0 Å². The molecule has 128 valence electrons. The quantitative estimate of drug-likeness (QED) is 0.896. The molecule has 0 radical (unpaired) electrons. The first-order chi connectivity index (χ1) is 9.65. The van der Waals surface area contributed by atoms with Crippen LogP contribution in [0.5, 0.6) is 0 Å². The zero-order valence-electron chi connectivity index (χ0n) is 12.6. The second-order valence-corrected chi connectivity index (χ2v) is 6.95. The van der Waals surface area contributed by atoms with Gasteiger partial charge in [0, 0.05) is 31.7 Å². The first kappa shape index (κ1) is 19.4. The zero-order chi connectivity index (χ0) is 15.7. The third-order valence-electron chi connectivity index (χ3n) is 3.15. The largest absolute Gasteiger partial charge is 0.445 e. The van der Waals surface area contributed by atoms with Gasteiger partial charge in [0.2, 0.25) is 10.1 Å². The van der Waals surface area contributed by atoms with Crippen LogP contribution in [0.1, 0.15) is 25.3 Å². The second-order valence-electron chi connectivity index (χ2n) is 5.99. The average molecular weight is 360 g/mol. The summed E-state index contributed by atoms with van der Waals surface area (Å²) in [6.07, 6.45) is -3.55. The van der Waals surface area contributed by atoms with Gasteiger partial charge in [0.05, 0.1) is 0 Å². The fourth-order valence-electron chi connectivity index (χ4n) is 2.35. The number of halogens is 4. The van der Waals surface area contributed by atoms with Gasteiger partial charge in [0.25, 0.3) is 0 Å². The number of hydrogen-bond donors (Lipinski definition) is 1. The second kappa shape index (κ2) is 7.29. The van der Waals surface area contributed by atoms with Gasteiger partial charge in [-0.05, 0) is 26.8 Å². The maximum Gasteiger partial charge on any atom is 0.445 e. The molecule has 1 aliphatic rings. The van der Waals surface area contributed by atoms with Gasteiger partial charge in [-0.3, -0.25) is 4.90 Å². The molecular formula is C12H21ClF3N5S. The van der Waals surface area contributed by atoms with Crippen LogP contribution < -0.4 is 10.6 Å². The van der Waals surface area contributed by atoms with E-state index >= 15 is 0 Å². The molecule has 2 heterocycles. The number of rotatable bonds is 3. The molecule has 0 bridgehead atoms. The van der Waals surface area contributed by atoms with Crippen LogP contribution in [0.2, 0.25) is 0 Å². The SMILES string of the molecule is CC(C)(N)CN1CCCN(c2nnc(C(F)(F)F)s2)CC1.Cl. The Morgan fingerprint density at radius 3 is 2.36 bits per heavy atom. The van der Waals surface area contributed by atoms with E-state index in [1.807, 2.05) is 18.7 Å². The molecule has 5 nitrogen and oxygen atoms in total. The fraction of sp³-hybridized carbons (Fsp3) is 0.833. The smallest absolute Gasteiger partial charge is 0.345 e. The zero-order valence-corrected chi connectivity index (χ0v) is 14.2. The van der Waals surface area contributed by atoms with E-state index in [1.54, 1.807) is 0 Å². The first-order valence-electron chi connectivity index (χ1n) is 6.82. The Kier molecular flexibility index (Phi) is 6.43. The molecule has 1 fully saturated rings. The van der Waals surface area contributed by atoms with Gasteiger partial charge in [-0.15, -0.1) is 22.6 Å². The monoisotopic (exact) mass is 359 g/mol. The molecule has 10 heteroatoms. The van der Waals surface area contributed by atoms with Gasteiger partial charge in [0.1, 0.15) is 0 Å². The Labute approximate surface area is 138 Å². The summed E-state index contributed by atoms with van der Waals surface area (Å²) in [5.74, 6) is 0. The minimum Gasteiger partial charge on any atom is -0.345 e. The minimum absolute atomic E-state index is 0. The number of alkyl halides is 3. The van der Waals surface area contributed by atoms with Crippen LogP contribution in [-0.4, -0.2) is 53.4 Å². The summed E-state index contributed by atoms with van der Waals surface area (Å²) in [5, 5.41) is 6.38. The van der Waals surface area contributed by atoms with Gasteiger partial charge >= 0.3 is 6.18 Å². The van der Waals surface area contributed by atoms with Crippen molar-refractivity contribution >= 4 is 28.9 Å². The molecule has 2 N–H and O–H groups in total. The molecule has 0 amide bonds. The van der Waals surface area contributed by atoms with Crippen LogP contribution >= 0.6 is 23.7 Å². The van der Waals surface area contributed by atoms with E-state index in [1.165, 1.54) is 0 Å². The molecule has 1 saturated heterocycles. The van der Waals surface area contributed by atoms with Gasteiger partial charge in [-0.1, -0.05) is 11.3 Å². The lowest BCUT2D eigenvalue weighted by molar-refractivity contribution is -0.138. The third kappa shape index (κ3) is 5.53. The Hall–Kier alpha value is -0.640. The Balaban J connectivity index is 0.00000242. The van der Waals surface area contributed by atoms with Crippen molar-refractivity contribution in [2.45, 2.75) is 32.0 Å². The predicted octanol–water partition coefficient (Wildman–Crippen LogP) is 2.23. The molecule has 1 aromatic rings. The van der Waals surface area contributed by atoms with Crippen molar-refractivity contribution in [1.82, 2.24) is 15.1 Å². The third-order valence-corrected chi connectivity index (χ3v) is 4.18. The molecule has 0 atom stereocenters. The van der Waals surface area contributed by atoms with Crippen molar-refractivity contribution in [2.75, 3.05) is 37.6 Å². The van der Waals surface area contributed by atoms with Crippen LogP contribution in [0.4, 0.5) is 18.3 Å². The molecule has 0 aliphatic carbocycles. The summed E-state index contributed by atoms with van der Waals surface area (Å²) in [6.45, 7) is 7.69. The first-order valence-corrected chi connectivity index (χ1v) is 7.64. The summed E-state index contributed by atoms with van der Waals surface area (Å²) in [4.78, 5) is 4.11. The Morgan fingerprint density at radius 2 is 1.82 bits per heavy atom. The van der Waals surface area contributed by atoms with E-state index in [2.05, 4.69) is 15.1 Å². The lowest BCUT2D eigenvalue weighted by Gasteiger charge is -2.28. The number of aromatic nitrogens is 2. The molecule has 22 heavy (non-hydrogen) atoms. The normalized spacial score (nSPS) is 18.0. The van der Waals surface area contributed by atoms with Crippen molar-refractivity contribution in [1.29, 1.82) is 0 Å². The van der Waals surface area contributed by atoms with Crippen molar-refractivity contribution in [2.24, 2.45) is 5.73 Å². The van der Waals surface area contributed by atoms with Gasteiger partial charge in [-0.25, -0.2) is 0 Å². The Morgan fingerprint density at radius 1 is 1.14 bits per heavy atom. The summed E-state index contributed by atoms with van der Waals surface area (Å²) < 4.78 is 37.7. The van der Waals surface area contributed by atoms with E-state index in [9.17, 15) is 13.2 Å². The molecule has 1 aliphatic heterocycles. The predicted molar refractivity (Wildman–Crippen MR) is 83.7 cm³/mol. The number of nitrogens with zero attached hydrogens (tertiary/aromatic N) is 4. The average Bonchev–Trinajstić information content (AvgIpc) is 2.71. The topological polar surface area (TPSA) is 58.3 Å². The van der Waals surface area contributed by atoms with E-state index in [4.69, 9.17) is 5.73 Å². The highest BCUT2D eigenvalue weighted by atomic mass is 35.5.